The first-order chi connectivity index (χ1) is 11.8. The Kier molecular flexibility index (Phi) is 5.94. The number of fused-ring (bicyclic) bond motifs is 1. The van der Waals surface area contributed by atoms with Crippen LogP contribution in [0.1, 0.15) is 55.4 Å². The van der Waals surface area contributed by atoms with E-state index in [1.54, 1.807) is 27.7 Å². The topological polar surface area (TPSA) is 87.5 Å². The van der Waals surface area contributed by atoms with E-state index in [0.717, 1.165) is 11.3 Å². The summed E-state index contributed by atoms with van der Waals surface area (Å²) in [6.07, 6.45) is 1.79. The van der Waals surface area contributed by atoms with Crippen LogP contribution in [0.25, 0.3) is 10.2 Å². The van der Waals surface area contributed by atoms with E-state index < -0.39 is 18.0 Å². The Hall–Kier alpha value is -2.22. The standard InChI is InChI=1S/C17H22N2O5S/c1-6-9(3)24-16(21)11(5)19-8-18-14-12(15(19)20)10(4)13(25-14)17(22)23-7-2/h8-9,11H,6-7H2,1-5H3. The van der Waals surface area contributed by atoms with Gasteiger partial charge >= 0.3 is 11.9 Å². The summed E-state index contributed by atoms with van der Waals surface area (Å²) in [5.41, 5.74) is 0.149. The largest absolute Gasteiger partial charge is 0.462 e. The van der Waals surface area contributed by atoms with E-state index >= 15 is 0 Å². The molecule has 2 unspecified atom stereocenters. The Labute approximate surface area is 149 Å². The number of ether oxygens (including phenoxy) is 2. The fraction of sp³-hybridized carbons (Fsp3) is 0.529. The van der Waals surface area contributed by atoms with E-state index in [-0.39, 0.29) is 18.3 Å². The van der Waals surface area contributed by atoms with Crippen LogP contribution in [0.2, 0.25) is 0 Å². The highest BCUT2D eigenvalue weighted by atomic mass is 32.1. The molecule has 2 aromatic heterocycles. The van der Waals surface area contributed by atoms with Gasteiger partial charge in [0.2, 0.25) is 0 Å². The van der Waals surface area contributed by atoms with Gasteiger partial charge in [-0.25, -0.2) is 14.6 Å². The predicted molar refractivity (Wildman–Crippen MR) is 95.1 cm³/mol. The monoisotopic (exact) mass is 366 g/mol. The molecule has 0 aliphatic heterocycles. The first-order valence-corrected chi connectivity index (χ1v) is 9.01. The third kappa shape index (κ3) is 3.73. The number of esters is 2. The van der Waals surface area contributed by atoms with Crippen LogP contribution in [-0.4, -0.2) is 34.2 Å². The van der Waals surface area contributed by atoms with E-state index in [9.17, 15) is 14.4 Å². The van der Waals surface area contributed by atoms with Gasteiger partial charge in [-0.2, -0.15) is 0 Å². The van der Waals surface area contributed by atoms with Crippen molar-refractivity contribution in [3.05, 3.63) is 27.1 Å². The molecule has 0 N–H and O–H groups in total. The highest BCUT2D eigenvalue weighted by Crippen LogP contribution is 2.27. The molecule has 2 atom stereocenters. The molecule has 7 nitrogen and oxygen atoms in total. The molecule has 2 aromatic rings. The second-order valence-electron chi connectivity index (χ2n) is 5.75. The summed E-state index contributed by atoms with van der Waals surface area (Å²) < 4.78 is 11.5. The Morgan fingerprint density at radius 2 is 2.00 bits per heavy atom. The van der Waals surface area contributed by atoms with Crippen molar-refractivity contribution in [2.75, 3.05) is 6.61 Å². The average Bonchev–Trinajstić information content (AvgIpc) is 2.92. The molecule has 2 heterocycles. The molecule has 0 radical (unpaired) electrons. The zero-order chi connectivity index (χ0) is 18.7. The summed E-state index contributed by atoms with van der Waals surface area (Å²) in [7, 11) is 0. The van der Waals surface area contributed by atoms with Gasteiger partial charge < -0.3 is 9.47 Å². The maximum Gasteiger partial charge on any atom is 0.348 e. The maximum atomic E-state index is 12.8. The van der Waals surface area contributed by atoms with Crippen LogP contribution in [0, 0.1) is 6.92 Å². The fourth-order valence-corrected chi connectivity index (χ4v) is 3.33. The lowest BCUT2D eigenvalue weighted by Crippen LogP contribution is -2.31. The van der Waals surface area contributed by atoms with E-state index in [1.165, 1.54) is 10.9 Å². The number of aromatic nitrogens is 2. The lowest BCUT2D eigenvalue weighted by Gasteiger charge is -2.17. The Bertz CT molecular complexity index is 855. The molecule has 0 aromatic carbocycles. The van der Waals surface area contributed by atoms with Crippen LogP contribution in [0.4, 0.5) is 0 Å². The van der Waals surface area contributed by atoms with E-state index in [2.05, 4.69) is 4.98 Å². The number of hydrogen-bond acceptors (Lipinski definition) is 7. The second kappa shape index (κ2) is 7.77. The van der Waals surface area contributed by atoms with Crippen molar-refractivity contribution in [1.82, 2.24) is 9.55 Å². The summed E-state index contributed by atoms with van der Waals surface area (Å²) in [6, 6.07) is -0.802. The molecule has 2 rings (SSSR count). The smallest absolute Gasteiger partial charge is 0.348 e. The molecule has 0 fully saturated rings. The fourth-order valence-electron chi connectivity index (χ4n) is 2.30. The van der Waals surface area contributed by atoms with E-state index in [1.807, 2.05) is 6.92 Å². The van der Waals surface area contributed by atoms with Gasteiger partial charge in [0.15, 0.2) is 0 Å². The Morgan fingerprint density at radius 3 is 2.60 bits per heavy atom. The summed E-state index contributed by atoms with van der Waals surface area (Å²) in [4.78, 5) is 42.1. The third-order valence-corrected chi connectivity index (χ3v) is 5.17. The van der Waals surface area contributed by atoms with Crippen molar-refractivity contribution in [2.24, 2.45) is 0 Å². The van der Waals surface area contributed by atoms with Gasteiger partial charge in [-0.3, -0.25) is 9.36 Å². The van der Waals surface area contributed by atoms with Gasteiger partial charge in [0.25, 0.3) is 5.56 Å². The minimum atomic E-state index is -0.802. The number of aryl methyl sites for hydroxylation is 1. The van der Waals surface area contributed by atoms with Crippen molar-refractivity contribution < 1.29 is 19.1 Å². The minimum Gasteiger partial charge on any atom is -0.462 e. The molecule has 0 saturated carbocycles. The van der Waals surface area contributed by atoms with Crippen LogP contribution >= 0.6 is 11.3 Å². The zero-order valence-electron chi connectivity index (χ0n) is 15.0. The molecule has 0 aliphatic carbocycles. The van der Waals surface area contributed by atoms with Crippen LogP contribution in [0.5, 0.6) is 0 Å². The van der Waals surface area contributed by atoms with Crippen LogP contribution in [0.15, 0.2) is 11.1 Å². The summed E-state index contributed by atoms with van der Waals surface area (Å²) >= 11 is 1.11. The van der Waals surface area contributed by atoms with Crippen LogP contribution in [0.3, 0.4) is 0 Å². The maximum absolute atomic E-state index is 12.8. The number of thiophene rings is 1. The number of hydrogen-bond donors (Lipinski definition) is 0. The first-order valence-electron chi connectivity index (χ1n) is 8.19. The van der Waals surface area contributed by atoms with Crippen molar-refractivity contribution in [2.45, 2.75) is 53.2 Å². The number of carbonyl (C=O) groups excluding carboxylic acids is 2. The third-order valence-electron chi connectivity index (χ3n) is 3.99. The van der Waals surface area contributed by atoms with Crippen LogP contribution in [-0.2, 0) is 14.3 Å². The number of rotatable bonds is 6. The summed E-state index contributed by atoms with van der Waals surface area (Å²) in [5.74, 6) is -0.964. The summed E-state index contributed by atoms with van der Waals surface area (Å²) in [6.45, 7) is 8.95. The van der Waals surface area contributed by atoms with Crippen LogP contribution < -0.4 is 5.56 Å². The van der Waals surface area contributed by atoms with Gasteiger partial charge in [-0.15, -0.1) is 11.3 Å². The SMILES string of the molecule is CCOC(=O)c1sc2ncn(C(C)C(=O)OC(C)CC)c(=O)c2c1C. The zero-order valence-corrected chi connectivity index (χ0v) is 15.8. The molecule has 25 heavy (non-hydrogen) atoms. The van der Waals surface area contributed by atoms with Crippen molar-refractivity contribution in [3.63, 3.8) is 0 Å². The molecular formula is C17H22N2O5S. The minimum absolute atomic E-state index is 0.222. The van der Waals surface area contributed by atoms with Crippen molar-refractivity contribution >= 4 is 33.5 Å². The molecule has 0 bridgehead atoms. The van der Waals surface area contributed by atoms with Gasteiger partial charge in [0.1, 0.15) is 15.7 Å². The molecule has 0 saturated heterocycles. The molecule has 8 heteroatoms. The molecule has 0 spiro atoms. The predicted octanol–water partition coefficient (Wildman–Crippen LogP) is 2.85. The van der Waals surface area contributed by atoms with Gasteiger partial charge in [-0.1, -0.05) is 6.92 Å². The number of nitrogens with zero attached hydrogens (tertiary/aromatic N) is 2. The molecular weight excluding hydrogens is 344 g/mol. The highest BCUT2D eigenvalue weighted by molar-refractivity contribution is 7.20. The van der Waals surface area contributed by atoms with E-state index in [4.69, 9.17) is 9.47 Å². The molecule has 136 valence electrons. The van der Waals surface area contributed by atoms with Gasteiger partial charge in [0, 0.05) is 0 Å². The number of carbonyl (C=O) groups is 2. The van der Waals surface area contributed by atoms with Crippen molar-refractivity contribution in [3.8, 4) is 0 Å². The first kappa shape index (κ1) is 19.1. The summed E-state index contributed by atoms with van der Waals surface area (Å²) in [5, 5.41) is 0.332. The normalized spacial score (nSPS) is 13.5. The van der Waals surface area contributed by atoms with Crippen molar-refractivity contribution in [1.29, 1.82) is 0 Å². The Morgan fingerprint density at radius 1 is 1.32 bits per heavy atom. The van der Waals surface area contributed by atoms with E-state index in [0.29, 0.717) is 27.1 Å². The quantitative estimate of drug-likeness (QED) is 0.731. The van der Waals surface area contributed by atoms with Gasteiger partial charge in [-0.05, 0) is 39.7 Å². The molecule has 0 aliphatic rings. The highest BCUT2D eigenvalue weighted by Gasteiger charge is 2.24. The molecule has 0 amide bonds. The lowest BCUT2D eigenvalue weighted by molar-refractivity contribution is -0.152. The average molecular weight is 366 g/mol. The second-order valence-corrected chi connectivity index (χ2v) is 6.74. The Balaban J connectivity index is 2.46. The lowest BCUT2D eigenvalue weighted by atomic mass is 10.2. The van der Waals surface area contributed by atoms with Gasteiger partial charge in [0.05, 0.1) is 24.4 Å².